The Morgan fingerprint density at radius 3 is 2.89 bits per heavy atom. The molecule has 1 aromatic rings. The molecule has 1 saturated heterocycles. The van der Waals surface area contributed by atoms with Crippen molar-refractivity contribution in [3.8, 4) is 0 Å². The van der Waals surface area contributed by atoms with E-state index in [9.17, 15) is 8.78 Å². The molecule has 0 saturated carbocycles. The molecule has 1 aliphatic heterocycles. The number of nitrogens with zero attached hydrogens (tertiary/aromatic N) is 1. The van der Waals surface area contributed by atoms with E-state index in [1.807, 2.05) is 7.05 Å². The lowest BCUT2D eigenvalue weighted by Crippen LogP contribution is -2.42. The van der Waals surface area contributed by atoms with Crippen LogP contribution in [0.15, 0.2) is 18.2 Å². The summed E-state index contributed by atoms with van der Waals surface area (Å²) in [6.45, 7) is 3.88. The summed E-state index contributed by atoms with van der Waals surface area (Å²) >= 11 is 0. The summed E-state index contributed by atoms with van der Waals surface area (Å²) in [4.78, 5) is 2.10. The minimum Gasteiger partial charge on any atom is -0.314 e. The van der Waals surface area contributed by atoms with Crippen LogP contribution in [0.4, 0.5) is 8.78 Å². The van der Waals surface area contributed by atoms with E-state index >= 15 is 0 Å². The third-order valence-electron chi connectivity index (χ3n) is 3.68. The highest BCUT2D eigenvalue weighted by molar-refractivity contribution is 5.23. The van der Waals surface area contributed by atoms with Crippen molar-refractivity contribution < 1.29 is 8.78 Å². The zero-order chi connectivity index (χ0) is 13.1. The molecule has 100 valence electrons. The highest BCUT2D eigenvalue weighted by Gasteiger charge is 2.28. The Morgan fingerprint density at radius 1 is 1.39 bits per heavy atom. The highest BCUT2D eigenvalue weighted by atomic mass is 19.1. The van der Waals surface area contributed by atoms with Crippen molar-refractivity contribution >= 4 is 0 Å². The number of hydrogen-bond donors (Lipinski definition) is 1. The summed E-state index contributed by atoms with van der Waals surface area (Å²) in [5, 5.41) is 3.40. The third-order valence-corrected chi connectivity index (χ3v) is 3.68. The molecular formula is C14H20F2N2. The van der Waals surface area contributed by atoms with Gasteiger partial charge in [0.25, 0.3) is 0 Å². The summed E-state index contributed by atoms with van der Waals surface area (Å²) < 4.78 is 27.1. The number of piperidine rings is 1. The molecule has 2 atom stereocenters. The van der Waals surface area contributed by atoms with E-state index in [4.69, 9.17) is 0 Å². The average Bonchev–Trinajstić information content (AvgIpc) is 2.35. The number of nitrogens with one attached hydrogen (secondary N) is 1. The molecule has 4 heteroatoms. The Bertz CT molecular complexity index is 409. The molecule has 1 aliphatic rings. The summed E-state index contributed by atoms with van der Waals surface area (Å²) in [7, 11) is 1.97. The fourth-order valence-electron chi connectivity index (χ4n) is 2.69. The first-order valence-corrected chi connectivity index (χ1v) is 6.50. The molecule has 0 bridgehead atoms. The van der Waals surface area contributed by atoms with Crippen LogP contribution >= 0.6 is 0 Å². The maximum Gasteiger partial charge on any atom is 0.128 e. The molecule has 2 unspecified atom stereocenters. The predicted octanol–water partition coefficient (Wildman–Crippen LogP) is 2.71. The van der Waals surface area contributed by atoms with E-state index in [0.717, 1.165) is 25.9 Å². The van der Waals surface area contributed by atoms with Crippen molar-refractivity contribution in [3.05, 3.63) is 35.4 Å². The van der Waals surface area contributed by atoms with Gasteiger partial charge in [-0.15, -0.1) is 0 Å². The van der Waals surface area contributed by atoms with E-state index in [2.05, 4.69) is 17.1 Å². The van der Waals surface area contributed by atoms with E-state index < -0.39 is 0 Å². The number of hydrogen-bond acceptors (Lipinski definition) is 2. The zero-order valence-corrected chi connectivity index (χ0v) is 10.9. The monoisotopic (exact) mass is 254 g/mol. The van der Waals surface area contributed by atoms with Crippen molar-refractivity contribution in [2.45, 2.75) is 31.8 Å². The van der Waals surface area contributed by atoms with Gasteiger partial charge in [0, 0.05) is 17.6 Å². The van der Waals surface area contributed by atoms with Crippen LogP contribution < -0.4 is 5.32 Å². The van der Waals surface area contributed by atoms with Gasteiger partial charge >= 0.3 is 0 Å². The lowest BCUT2D eigenvalue weighted by molar-refractivity contribution is 0.154. The fraction of sp³-hybridized carbons (Fsp3) is 0.571. The van der Waals surface area contributed by atoms with Crippen LogP contribution in [0.25, 0.3) is 0 Å². The molecule has 1 fully saturated rings. The molecule has 0 aliphatic carbocycles. The van der Waals surface area contributed by atoms with Crippen LogP contribution in [0.2, 0.25) is 0 Å². The molecular weight excluding hydrogens is 234 g/mol. The Balaban J connectivity index is 2.21. The van der Waals surface area contributed by atoms with Gasteiger partial charge in [0.15, 0.2) is 0 Å². The second-order valence-electron chi connectivity index (χ2n) is 4.94. The van der Waals surface area contributed by atoms with Crippen molar-refractivity contribution in [2.24, 2.45) is 0 Å². The van der Waals surface area contributed by atoms with Gasteiger partial charge in [0.2, 0.25) is 0 Å². The predicted molar refractivity (Wildman–Crippen MR) is 68.4 cm³/mol. The number of benzene rings is 1. The molecule has 2 nitrogen and oxygen atoms in total. The van der Waals surface area contributed by atoms with Gasteiger partial charge in [-0.3, -0.25) is 4.90 Å². The van der Waals surface area contributed by atoms with Crippen molar-refractivity contribution in [2.75, 3.05) is 20.1 Å². The molecule has 1 N–H and O–H groups in total. The molecule has 0 spiro atoms. The number of likely N-dealkylation sites (tertiary alicyclic amines) is 1. The Labute approximate surface area is 107 Å². The summed E-state index contributed by atoms with van der Waals surface area (Å²) in [6.07, 6.45) is 1.88. The molecule has 2 rings (SSSR count). The maximum atomic E-state index is 13.8. The van der Waals surface area contributed by atoms with Crippen LogP contribution in [-0.2, 0) is 0 Å². The van der Waals surface area contributed by atoms with Crippen molar-refractivity contribution in [3.63, 3.8) is 0 Å². The standard InChI is InChI=1S/C14H20F2N2/c1-3-17-11-6-7-18(2)14(9-11)12-8-10(15)4-5-13(12)16/h4-5,8,11,14,17H,3,6-7,9H2,1-2H3. The van der Waals surface area contributed by atoms with Crippen molar-refractivity contribution in [1.82, 2.24) is 10.2 Å². The van der Waals surface area contributed by atoms with Crippen LogP contribution in [-0.4, -0.2) is 31.1 Å². The summed E-state index contributed by atoms with van der Waals surface area (Å²) in [5.41, 5.74) is 0.472. The van der Waals surface area contributed by atoms with E-state index in [-0.39, 0.29) is 17.7 Å². The minimum atomic E-state index is -0.370. The zero-order valence-electron chi connectivity index (χ0n) is 10.9. The van der Waals surface area contributed by atoms with E-state index in [1.54, 1.807) is 0 Å². The summed E-state index contributed by atoms with van der Waals surface area (Å²) in [5.74, 6) is -0.684. The SMILES string of the molecule is CCNC1CCN(C)C(c2cc(F)ccc2F)C1. The average molecular weight is 254 g/mol. The first-order chi connectivity index (χ1) is 8.61. The Kier molecular flexibility index (Phi) is 4.30. The number of rotatable bonds is 3. The smallest absolute Gasteiger partial charge is 0.128 e. The topological polar surface area (TPSA) is 15.3 Å². The molecule has 18 heavy (non-hydrogen) atoms. The lowest BCUT2D eigenvalue weighted by atomic mass is 9.92. The Hall–Kier alpha value is -1.00. The maximum absolute atomic E-state index is 13.8. The molecule has 0 radical (unpaired) electrons. The largest absolute Gasteiger partial charge is 0.314 e. The van der Waals surface area contributed by atoms with Crippen LogP contribution in [0.5, 0.6) is 0 Å². The normalized spacial score (nSPS) is 25.3. The first-order valence-electron chi connectivity index (χ1n) is 6.50. The second kappa shape index (κ2) is 5.76. The lowest BCUT2D eigenvalue weighted by Gasteiger charge is -2.37. The minimum absolute atomic E-state index is 0.0431. The van der Waals surface area contributed by atoms with Gasteiger partial charge in [-0.2, -0.15) is 0 Å². The van der Waals surface area contributed by atoms with Crippen LogP contribution in [0.1, 0.15) is 31.4 Å². The fourth-order valence-corrected chi connectivity index (χ4v) is 2.69. The van der Waals surface area contributed by atoms with Gasteiger partial charge in [-0.05, 0) is 51.2 Å². The van der Waals surface area contributed by atoms with E-state index in [1.165, 1.54) is 18.2 Å². The molecule has 0 amide bonds. The van der Waals surface area contributed by atoms with Crippen LogP contribution in [0.3, 0.4) is 0 Å². The van der Waals surface area contributed by atoms with Gasteiger partial charge < -0.3 is 5.32 Å². The van der Waals surface area contributed by atoms with Gasteiger partial charge in [-0.1, -0.05) is 6.92 Å². The van der Waals surface area contributed by atoms with Gasteiger partial charge in [-0.25, -0.2) is 8.78 Å². The molecule has 0 aromatic heterocycles. The van der Waals surface area contributed by atoms with E-state index in [0.29, 0.717) is 11.6 Å². The van der Waals surface area contributed by atoms with Gasteiger partial charge in [0.05, 0.1) is 0 Å². The number of halogens is 2. The molecule has 1 aromatic carbocycles. The highest BCUT2D eigenvalue weighted by Crippen LogP contribution is 2.31. The second-order valence-corrected chi connectivity index (χ2v) is 4.94. The Morgan fingerprint density at radius 2 is 2.17 bits per heavy atom. The quantitative estimate of drug-likeness (QED) is 0.892. The third kappa shape index (κ3) is 2.87. The van der Waals surface area contributed by atoms with Gasteiger partial charge in [0.1, 0.15) is 11.6 Å². The van der Waals surface area contributed by atoms with Crippen molar-refractivity contribution in [1.29, 1.82) is 0 Å². The van der Waals surface area contributed by atoms with Crippen LogP contribution in [0, 0.1) is 11.6 Å². The first kappa shape index (κ1) is 13.4. The molecule has 1 heterocycles. The summed E-state index contributed by atoms with van der Waals surface area (Å²) in [6, 6.07) is 4.06.